The molecule has 2 saturated heterocycles. The van der Waals surface area contributed by atoms with Crippen LogP contribution in [0.15, 0.2) is 60.9 Å². The average Bonchev–Trinajstić information content (AvgIpc) is 3.39. The van der Waals surface area contributed by atoms with Crippen molar-refractivity contribution in [3.8, 4) is 0 Å². The number of pyridine rings is 1. The third-order valence-corrected chi connectivity index (χ3v) is 7.07. The summed E-state index contributed by atoms with van der Waals surface area (Å²) in [7, 11) is 0. The lowest BCUT2D eigenvalue weighted by Gasteiger charge is -2.40. The summed E-state index contributed by atoms with van der Waals surface area (Å²) in [4.78, 5) is 29.3. The van der Waals surface area contributed by atoms with E-state index in [1.165, 1.54) is 12.1 Å². The Morgan fingerprint density at radius 2 is 1.71 bits per heavy atom. The first-order valence-electron chi connectivity index (χ1n) is 11.9. The van der Waals surface area contributed by atoms with Crippen LogP contribution in [0.5, 0.6) is 0 Å². The summed E-state index contributed by atoms with van der Waals surface area (Å²) >= 11 is 0. The molecule has 6 rings (SSSR count). The molecule has 1 amide bonds. The third kappa shape index (κ3) is 3.73. The van der Waals surface area contributed by atoms with Crippen molar-refractivity contribution in [3.05, 3.63) is 66.7 Å². The Labute approximate surface area is 197 Å². The van der Waals surface area contributed by atoms with Crippen LogP contribution < -0.4 is 9.80 Å². The van der Waals surface area contributed by atoms with Gasteiger partial charge >= 0.3 is 0 Å². The summed E-state index contributed by atoms with van der Waals surface area (Å²) in [5, 5.41) is 0. The van der Waals surface area contributed by atoms with Crippen molar-refractivity contribution in [2.24, 2.45) is 5.92 Å². The number of halogens is 1. The molecule has 2 fully saturated rings. The van der Waals surface area contributed by atoms with Crippen molar-refractivity contribution in [2.45, 2.75) is 12.8 Å². The zero-order valence-corrected chi connectivity index (χ0v) is 19.0. The third-order valence-electron chi connectivity index (χ3n) is 7.07. The standard InChI is InChI=1S/C26H27FN6O/c27-20-7-9-21(10-8-20)30-14-16-31(17-15-30)26(34)19-4-2-12-32(18-19)25-23-6-3-13-33(23)22-5-1-11-28-24(22)29-25/h1,3,5-11,13,19H,2,4,12,14-18H2/t19-/m0/s1. The maximum absolute atomic E-state index is 13.4. The van der Waals surface area contributed by atoms with E-state index in [2.05, 4.69) is 25.3 Å². The van der Waals surface area contributed by atoms with Gasteiger partial charge in [0.25, 0.3) is 0 Å². The Kier molecular flexibility index (Phi) is 5.28. The zero-order chi connectivity index (χ0) is 23.1. The molecule has 5 heterocycles. The monoisotopic (exact) mass is 458 g/mol. The Hall–Kier alpha value is -3.68. The fourth-order valence-corrected chi connectivity index (χ4v) is 5.29. The number of nitrogens with zero attached hydrogens (tertiary/aromatic N) is 6. The van der Waals surface area contributed by atoms with E-state index in [-0.39, 0.29) is 17.6 Å². The molecule has 7 nitrogen and oxygen atoms in total. The van der Waals surface area contributed by atoms with Crippen molar-refractivity contribution in [3.63, 3.8) is 0 Å². The smallest absolute Gasteiger partial charge is 0.227 e. The van der Waals surface area contributed by atoms with E-state index in [1.54, 1.807) is 18.3 Å². The molecule has 2 aliphatic rings. The fraction of sp³-hybridized carbons (Fsp3) is 0.346. The normalized spacial score (nSPS) is 19.2. The van der Waals surface area contributed by atoms with Gasteiger partial charge in [0.2, 0.25) is 5.91 Å². The van der Waals surface area contributed by atoms with Crippen LogP contribution in [0.4, 0.5) is 15.9 Å². The molecule has 1 atom stereocenters. The number of hydrogen-bond donors (Lipinski definition) is 0. The van der Waals surface area contributed by atoms with Gasteiger partial charge in [0.15, 0.2) is 11.5 Å². The molecule has 4 aromatic rings. The number of anilines is 2. The van der Waals surface area contributed by atoms with Gasteiger partial charge in [-0.1, -0.05) is 0 Å². The highest BCUT2D eigenvalue weighted by atomic mass is 19.1. The lowest BCUT2D eigenvalue weighted by atomic mass is 9.96. The zero-order valence-electron chi connectivity index (χ0n) is 19.0. The molecular weight excluding hydrogens is 431 g/mol. The van der Waals surface area contributed by atoms with Crippen molar-refractivity contribution in [1.82, 2.24) is 19.3 Å². The highest BCUT2D eigenvalue weighted by Gasteiger charge is 2.32. The predicted molar refractivity (Wildman–Crippen MR) is 131 cm³/mol. The van der Waals surface area contributed by atoms with Gasteiger partial charge in [0.1, 0.15) is 5.82 Å². The summed E-state index contributed by atoms with van der Waals surface area (Å²) in [5.41, 5.74) is 3.74. The molecule has 8 heteroatoms. The number of amides is 1. The van der Waals surface area contributed by atoms with E-state index >= 15 is 0 Å². The average molecular weight is 459 g/mol. The number of piperazine rings is 1. The molecular formula is C26H27FN6O. The van der Waals surface area contributed by atoms with Crippen molar-refractivity contribution < 1.29 is 9.18 Å². The summed E-state index contributed by atoms with van der Waals surface area (Å²) in [6, 6.07) is 14.6. The number of aromatic nitrogens is 3. The van der Waals surface area contributed by atoms with Crippen LogP contribution in [0.1, 0.15) is 12.8 Å². The molecule has 3 aromatic heterocycles. The number of piperidine rings is 1. The van der Waals surface area contributed by atoms with Crippen LogP contribution in [0.2, 0.25) is 0 Å². The van der Waals surface area contributed by atoms with E-state index < -0.39 is 0 Å². The number of benzene rings is 1. The lowest BCUT2D eigenvalue weighted by Crippen LogP contribution is -2.52. The minimum absolute atomic E-state index is 0.0395. The first kappa shape index (κ1) is 20.9. The number of fused-ring (bicyclic) bond motifs is 3. The Morgan fingerprint density at radius 3 is 2.53 bits per heavy atom. The second-order valence-corrected chi connectivity index (χ2v) is 9.12. The summed E-state index contributed by atoms with van der Waals surface area (Å²) in [6.07, 6.45) is 5.66. The van der Waals surface area contributed by atoms with E-state index in [0.29, 0.717) is 25.3 Å². The minimum atomic E-state index is -0.228. The number of carbonyl (C=O) groups is 1. The quantitative estimate of drug-likeness (QED) is 0.470. The van der Waals surface area contributed by atoms with Gasteiger partial charge in [-0.15, -0.1) is 0 Å². The second kappa shape index (κ2) is 8.59. The Balaban J connectivity index is 1.17. The summed E-state index contributed by atoms with van der Waals surface area (Å²) < 4.78 is 15.4. The Bertz CT molecular complexity index is 1330. The maximum Gasteiger partial charge on any atom is 0.227 e. The molecule has 0 aliphatic carbocycles. The molecule has 1 aromatic carbocycles. The molecule has 34 heavy (non-hydrogen) atoms. The van der Waals surface area contributed by atoms with Crippen molar-refractivity contribution in [2.75, 3.05) is 49.1 Å². The van der Waals surface area contributed by atoms with E-state index in [4.69, 9.17) is 4.98 Å². The first-order valence-corrected chi connectivity index (χ1v) is 11.9. The van der Waals surface area contributed by atoms with Crippen molar-refractivity contribution in [1.29, 1.82) is 0 Å². The van der Waals surface area contributed by atoms with Gasteiger partial charge in [0.05, 0.1) is 17.0 Å². The van der Waals surface area contributed by atoms with Crippen LogP contribution in [-0.2, 0) is 4.79 Å². The molecule has 0 bridgehead atoms. The number of rotatable bonds is 3. The molecule has 174 valence electrons. The molecule has 0 saturated carbocycles. The van der Waals surface area contributed by atoms with Gasteiger partial charge in [0, 0.05) is 57.3 Å². The van der Waals surface area contributed by atoms with Gasteiger partial charge in [-0.2, -0.15) is 0 Å². The van der Waals surface area contributed by atoms with Gasteiger partial charge in [-0.3, -0.25) is 4.79 Å². The van der Waals surface area contributed by atoms with Gasteiger partial charge in [-0.05, 0) is 61.4 Å². The van der Waals surface area contributed by atoms with Crippen LogP contribution in [0, 0.1) is 11.7 Å². The lowest BCUT2D eigenvalue weighted by molar-refractivity contribution is -0.136. The van der Waals surface area contributed by atoms with Crippen LogP contribution in [0.3, 0.4) is 0 Å². The number of carbonyl (C=O) groups excluding carboxylic acids is 1. The highest BCUT2D eigenvalue weighted by Crippen LogP contribution is 2.29. The van der Waals surface area contributed by atoms with Crippen LogP contribution >= 0.6 is 0 Å². The van der Waals surface area contributed by atoms with Gasteiger partial charge < -0.3 is 19.1 Å². The van der Waals surface area contributed by atoms with Crippen LogP contribution in [-0.4, -0.2) is 64.4 Å². The Morgan fingerprint density at radius 1 is 0.912 bits per heavy atom. The van der Waals surface area contributed by atoms with Gasteiger partial charge in [-0.25, -0.2) is 14.4 Å². The fourth-order valence-electron chi connectivity index (χ4n) is 5.29. The molecule has 0 unspecified atom stereocenters. The second-order valence-electron chi connectivity index (χ2n) is 9.12. The summed E-state index contributed by atoms with van der Waals surface area (Å²) in [6.45, 7) is 4.45. The van der Waals surface area contributed by atoms with E-state index in [9.17, 15) is 9.18 Å². The number of hydrogen-bond acceptors (Lipinski definition) is 5. The molecule has 0 radical (unpaired) electrons. The SMILES string of the molecule is O=C([C@H]1CCCN(c2nc3ncccc3n3cccc23)C1)N1CCN(c2ccc(F)cc2)CC1. The molecule has 2 aliphatic heterocycles. The highest BCUT2D eigenvalue weighted by molar-refractivity contribution is 5.84. The van der Waals surface area contributed by atoms with Crippen molar-refractivity contribution >= 4 is 34.1 Å². The molecule has 0 N–H and O–H groups in total. The predicted octanol–water partition coefficient (Wildman–Crippen LogP) is 3.59. The first-order chi connectivity index (χ1) is 16.7. The molecule has 0 spiro atoms. The largest absolute Gasteiger partial charge is 0.368 e. The minimum Gasteiger partial charge on any atom is -0.368 e. The van der Waals surface area contributed by atoms with Crippen LogP contribution in [0.25, 0.3) is 16.7 Å². The van der Waals surface area contributed by atoms with E-state index in [0.717, 1.165) is 55.0 Å². The topological polar surface area (TPSA) is 57.0 Å². The van der Waals surface area contributed by atoms with E-state index in [1.807, 2.05) is 29.3 Å². The maximum atomic E-state index is 13.4. The summed E-state index contributed by atoms with van der Waals surface area (Å²) in [5.74, 6) is 0.861.